The molecule has 0 aromatic heterocycles. The number of hydrogen-bond donors (Lipinski definition) is 0. The Morgan fingerprint density at radius 1 is 1.75 bits per heavy atom. The molecule has 0 saturated carbocycles. The van der Waals surface area contributed by atoms with Gasteiger partial charge in [0.25, 0.3) is 0 Å². The van der Waals surface area contributed by atoms with E-state index < -0.39 is 0 Å². The van der Waals surface area contributed by atoms with Gasteiger partial charge >= 0.3 is 0 Å². The Kier molecular flexibility index (Phi) is 2.33. The smallest absolute Gasteiger partial charge is 0.0457 e. The summed E-state index contributed by atoms with van der Waals surface area (Å²) in [5.74, 6) is 0. The van der Waals surface area contributed by atoms with Crippen molar-refractivity contribution in [2.75, 3.05) is 18.4 Å². The monoisotopic (exact) mass is 176 g/mol. The summed E-state index contributed by atoms with van der Waals surface area (Å²) in [5, 5.41) is 7.19. The first kappa shape index (κ1) is 6.08. The third kappa shape index (κ3) is 1.47. The fourth-order valence-corrected chi connectivity index (χ4v) is 1.11. The van der Waals surface area contributed by atoms with Crippen LogP contribution in [-0.4, -0.2) is 29.6 Å². The van der Waals surface area contributed by atoms with Gasteiger partial charge in [-0.25, -0.2) is 0 Å². The number of halogens is 1. The van der Waals surface area contributed by atoms with E-state index in [4.69, 9.17) is 0 Å². The summed E-state index contributed by atoms with van der Waals surface area (Å²) in [6.45, 7) is 2.14. The highest BCUT2D eigenvalue weighted by atomic mass is 79.9. The van der Waals surface area contributed by atoms with Crippen LogP contribution in [0.25, 0.3) is 0 Å². The Morgan fingerprint density at radius 3 is 3.12 bits per heavy atom. The zero-order chi connectivity index (χ0) is 5.82. The first-order chi connectivity index (χ1) is 3.93. The van der Waals surface area contributed by atoms with E-state index in [1.807, 2.05) is 6.21 Å². The normalized spacial score (nSPS) is 17.9. The molecule has 0 radical (unpaired) electrons. The molecule has 0 saturated heterocycles. The molecule has 0 fully saturated rings. The standard InChI is InChI=1S/C5H9BrN2/c6-2-5-8-4-1-3-7-8/h3H,1-2,4-5H2. The Morgan fingerprint density at radius 2 is 2.62 bits per heavy atom. The number of alkyl halides is 1. The number of hydrazone groups is 1. The van der Waals surface area contributed by atoms with Crippen LogP contribution in [0.5, 0.6) is 0 Å². The molecule has 0 amide bonds. The van der Waals surface area contributed by atoms with Gasteiger partial charge in [-0.2, -0.15) is 5.10 Å². The minimum absolute atomic E-state index is 1.02. The molecule has 1 heterocycles. The maximum absolute atomic E-state index is 4.10. The number of hydrogen-bond acceptors (Lipinski definition) is 2. The summed E-state index contributed by atoms with van der Waals surface area (Å²) in [6, 6.07) is 0. The van der Waals surface area contributed by atoms with Crippen molar-refractivity contribution >= 4 is 22.1 Å². The third-order valence-corrected chi connectivity index (χ3v) is 1.46. The van der Waals surface area contributed by atoms with E-state index in [1.54, 1.807) is 0 Å². The van der Waals surface area contributed by atoms with E-state index in [0.717, 1.165) is 24.8 Å². The lowest BCUT2D eigenvalue weighted by atomic mass is 10.5. The van der Waals surface area contributed by atoms with Crippen LogP contribution in [0.15, 0.2) is 5.10 Å². The molecule has 1 rings (SSSR count). The highest BCUT2D eigenvalue weighted by molar-refractivity contribution is 9.09. The van der Waals surface area contributed by atoms with E-state index in [0.29, 0.717) is 0 Å². The molecular formula is C5H9BrN2. The Bertz CT molecular complexity index is 92.4. The van der Waals surface area contributed by atoms with Gasteiger partial charge in [0.05, 0.1) is 0 Å². The predicted octanol–water partition coefficient (Wildman–Crippen LogP) is 1.07. The molecule has 1 aliphatic rings. The number of rotatable bonds is 2. The van der Waals surface area contributed by atoms with E-state index >= 15 is 0 Å². The van der Waals surface area contributed by atoms with E-state index in [2.05, 4.69) is 26.0 Å². The molecule has 0 aliphatic carbocycles. The molecule has 3 heteroatoms. The fraction of sp³-hybridized carbons (Fsp3) is 0.800. The van der Waals surface area contributed by atoms with Crippen LogP contribution in [0.1, 0.15) is 6.42 Å². The van der Waals surface area contributed by atoms with Crippen molar-refractivity contribution < 1.29 is 0 Å². The van der Waals surface area contributed by atoms with Gasteiger partial charge in [0, 0.05) is 31.1 Å². The quantitative estimate of drug-likeness (QED) is 0.576. The highest BCUT2D eigenvalue weighted by Crippen LogP contribution is 1.98. The molecule has 0 atom stereocenters. The topological polar surface area (TPSA) is 15.6 Å². The van der Waals surface area contributed by atoms with Gasteiger partial charge in [0.15, 0.2) is 0 Å². The Labute approximate surface area is 57.7 Å². The second-order valence-electron chi connectivity index (χ2n) is 1.73. The van der Waals surface area contributed by atoms with Gasteiger partial charge in [0.1, 0.15) is 0 Å². The molecule has 8 heavy (non-hydrogen) atoms. The lowest BCUT2D eigenvalue weighted by molar-refractivity contribution is 0.340. The average molecular weight is 177 g/mol. The fourth-order valence-electron chi connectivity index (χ4n) is 0.705. The van der Waals surface area contributed by atoms with Crippen molar-refractivity contribution in [3.63, 3.8) is 0 Å². The predicted molar refractivity (Wildman–Crippen MR) is 38.5 cm³/mol. The molecule has 0 spiro atoms. The molecule has 2 nitrogen and oxygen atoms in total. The van der Waals surface area contributed by atoms with Crippen LogP contribution in [0.3, 0.4) is 0 Å². The van der Waals surface area contributed by atoms with Gasteiger partial charge in [-0.3, -0.25) is 5.01 Å². The van der Waals surface area contributed by atoms with Gasteiger partial charge in [-0.1, -0.05) is 15.9 Å². The van der Waals surface area contributed by atoms with Crippen molar-refractivity contribution in [3.05, 3.63) is 0 Å². The lowest BCUT2D eigenvalue weighted by Gasteiger charge is -2.09. The van der Waals surface area contributed by atoms with Crippen molar-refractivity contribution in [2.45, 2.75) is 6.42 Å². The maximum atomic E-state index is 4.10. The molecule has 46 valence electrons. The van der Waals surface area contributed by atoms with Crippen molar-refractivity contribution in [3.8, 4) is 0 Å². The highest BCUT2D eigenvalue weighted by Gasteiger charge is 2.01. The first-order valence-electron chi connectivity index (χ1n) is 2.77. The van der Waals surface area contributed by atoms with E-state index in [-0.39, 0.29) is 0 Å². The Balaban J connectivity index is 2.16. The molecule has 0 bridgehead atoms. The van der Waals surface area contributed by atoms with Crippen LogP contribution in [0.2, 0.25) is 0 Å². The Hall–Kier alpha value is -0.0500. The molecule has 0 unspecified atom stereocenters. The summed E-state index contributed by atoms with van der Waals surface area (Å²) in [6.07, 6.45) is 3.08. The molecule has 0 aromatic carbocycles. The summed E-state index contributed by atoms with van der Waals surface area (Å²) in [4.78, 5) is 0. The zero-order valence-corrected chi connectivity index (χ0v) is 6.26. The SMILES string of the molecule is BrCCN1CCC=N1. The summed E-state index contributed by atoms with van der Waals surface area (Å²) < 4.78 is 0. The molecule has 1 aliphatic heterocycles. The number of nitrogens with zero attached hydrogens (tertiary/aromatic N) is 2. The minimum atomic E-state index is 1.02. The van der Waals surface area contributed by atoms with E-state index in [1.165, 1.54) is 0 Å². The van der Waals surface area contributed by atoms with Crippen LogP contribution < -0.4 is 0 Å². The van der Waals surface area contributed by atoms with Crippen LogP contribution in [-0.2, 0) is 0 Å². The maximum Gasteiger partial charge on any atom is 0.0457 e. The molecule has 0 aromatic rings. The van der Waals surface area contributed by atoms with Crippen LogP contribution >= 0.6 is 15.9 Å². The van der Waals surface area contributed by atoms with Crippen LogP contribution in [0, 0.1) is 0 Å². The van der Waals surface area contributed by atoms with Crippen molar-refractivity contribution in [1.82, 2.24) is 5.01 Å². The second kappa shape index (κ2) is 3.07. The van der Waals surface area contributed by atoms with Crippen LogP contribution in [0.4, 0.5) is 0 Å². The first-order valence-corrected chi connectivity index (χ1v) is 3.89. The summed E-state index contributed by atoms with van der Waals surface area (Å²) in [5.41, 5.74) is 0. The van der Waals surface area contributed by atoms with Gasteiger partial charge in [-0.15, -0.1) is 0 Å². The summed E-state index contributed by atoms with van der Waals surface area (Å²) in [7, 11) is 0. The van der Waals surface area contributed by atoms with E-state index in [9.17, 15) is 0 Å². The van der Waals surface area contributed by atoms with Gasteiger partial charge < -0.3 is 0 Å². The lowest BCUT2D eigenvalue weighted by Crippen LogP contribution is -2.15. The largest absolute Gasteiger partial charge is 0.296 e. The third-order valence-electron chi connectivity index (χ3n) is 1.10. The molecular weight excluding hydrogens is 168 g/mol. The van der Waals surface area contributed by atoms with Gasteiger partial charge in [0.2, 0.25) is 0 Å². The average Bonchev–Trinajstić information content (AvgIpc) is 2.19. The van der Waals surface area contributed by atoms with Gasteiger partial charge in [-0.05, 0) is 0 Å². The minimum Gasteiger partial charge on any atom is -0.296 e. The van der Waals surface area contributed by atoms with Crippen molar-refractivity contribution in [1.29, 1.82) is 0 Å². The zero-order valence-electron chi connectivity index (χ0n) is 4.68. The molecule has 0 N–H and O–H groups in total. The second-order valence-corrected chi connectivity index (χ2v) is 2.52. The van der Waals surface area contributed by atoms with Crippen molar-refractivity contribution in [2.24, 2.45) is 5.10 Å². The summed E-state index contributed by atoms with van der Waals surface area (Å²) >= 11 is 3.34.